The maximum absolute atomic E-state index is 13.9. The lowest BCUT2D eigenvalue weighted by Crippen LogP contribution is -2.59. The summed E-state index contributed by atoms with van der Waals surface area (Å²) in [5, 5.41) is 57.1. The number of carboxylic acid groups (broad SMARTS) is 3. The van der Waals surface area contributed by atoms with Crippen molar-refractivity contribution in [2.24, 2.45) is 11.7 Å². The molecule has 0 spiro atoms. The zero-order chi connectivity index (χ0) is 54.0. The first-order valence-corrected chi connectivity index (χ1v) is 22.9. The monoisotopic (exact) mass is 1010 g/mol. The van der Waals surface area contributed by atoms with E-state index in [9.17, 15) is 68.1 Å². The van der Waals surface area contributed by atoms with Crippen LogP contribution in [0.15, 0.2) is 54.7 Å². The van der Waals surface area contributed by atoms with Crippen molar-refractivity contribution in [2.75, 3.05) is 0 Å². The van der Waals surface area contributed by atoms with Gasteiger partial charge in [-0.1, -0.05) is 44.2 Å². The Morgan fingerprint density at radius 3 is 1.50 bits per heavy atom. The minimum absolute atomic E-state index is 0.00515. The van der Waals surface area contributed by atoms with E-state index in [-0.39, 0.29) is 30.9 Å². The molecule has 2 aromatic carbocycles. The Labute approximate surface area is 413 Å². The van der Waals surface area contributed by atoms with E-state index in [1.165, 1.54) is 39.8 Å². The van der Waals surface area contributed by atoms with E-state index in [1.807, 2.05) is 23.5 Å². The lowest BCUT2D eigenvalue weighted by atomic mass is 10.0. The van der Waals surface area contributed by atoms with Gasteiger partial charge in [-0.2, -0.15) is 0 Å². The topological polar surface area (TPSA) is 407 Å². The Morgan fingerprint density at radius 2 is 0.986 bits per heavy atom. The first-order chi connectivity index (χ1) is 33.7. The fourth-order valence-electron chi connectivity index (χ4n) is 7.03. The molecule has 25 nitrogen and oxygen atoms in total. The molecular weight excluding hydrogens is 945 g/mol. The van der Waals surface area contributed by atoms with E-state index < -0.39 is 139 Å². The van der Waals surface area contributed by atoms with E-state index in [4.69, 9.17) is 10.8 Å². The minimum atomic E-state index is -1.79. The molecule has 0 unspecified atom stereocenters. The quantitative estimate of drug-likeness (QED) is 0.0390. The summed E-state index contributed by atoms with van der Waals surface area (Å²) in [5.74, 6) is -11.7. The SMILES string of the molecule is CC(C)C[C@H](NC(=O)[C@H](C)NC(=O)[C@H](Cc1c[nH]c2ccccc12)NC(=O)[C@@H](N)Cc1ccc(O)cc1)C(=O)N[C@@H](CCC(=O)O)C(=O)N[C@@H](C)C(=O)N[C@@H](C)C(=O)N[C@@H](C)C(=O)N[C@@H](CC(=O)O)C(=O)O. The number of nitrogens with two attached hydrogens (primary N) is 1. The highest BCUT2D eigenvalue weighted by Gasteiger charge is 2.33. The molecule has 25 heteroatoms. The smallest absolute Gasteiger partial charge is 0.326 e. The highest BCUT2D eigenvalue weighted by molar-refractivity contribution is 5.98. The van der Waals surface area contributed by atoms with Crippen LogP contribution in [0.25, 0.3) is 10.9 Å². The average Bonchev–Trinajstić information content (AvgIpc) is 3.71. The minimum Gasteiger partial charge on any atom is -0.508 e. The summed E-state index contributed by atoms with van der Waals surface area (Å²) < 4.78 is 0. The Hall–Kier alpha value is -8.09. The summed E-state index contributed by atoms with van der Waals surface area (Å²) in [6.45, 7) is 8.45. The lowest BCUT2D eigenvalue weighted by molar-refractivity contribution is -0.147. The normalized spacial score (nSPS) is 14.8. The van der Waals surface area contributed by atoms with E-state index >= 15 is 0 Å². The molecule has 1 aromatic heterocycles. The second-order valence-corrected chi connectivity index (χ2v) is 17.7. The maximum atomic E-state index is 13.9. The number of aromatic nitrogens is 1. The predicted octanol–water partition coefficient (Wildman–Crippen LogP) is -1.59. The molecule has 0 saturated heterocycles. The number of carbonyl (C=O) groups is 11. The van der Waals surface area contributed by atoms with Gasteiger partial charge in [-0.05, 0) is 82.2 Å². The number of benzene rings is 2. The van der Waals surface area contributed by atoms with Crippen LogP contribution in [0.2, 0.25) is 0 Å². The lowest BCUT2D eigenvalue weighted by Gasteiger charge is -2.27. The van der Waals surface area contributed by atoms with Gasteiger partial charge >= 0.3 is 17.9 Å². The van der Waals surface area contributed by atoms with E-state index in [2.05, 4.69) is 42.2 Å². The largest absolute Gasteiger partial charge is 0.508 e. The molecule has 392 valence electrons. The predicted molar refractivity (Wildman–Crippen MR) is 256 cm³/mol. The fraction of sp³-hybridized carbons (Fsp3) is 0.468. The molecular formula is C47H64N10O15. The number of aromatic hydroxyl groups is 1. The number of para-hydroxylation sites is 1. The number of H-pyrrole nitrogens is 1. The van der Waals surface area contributed by atoms with Crippen molar-refractivity contribution >= 4 is 76.1 Å². The molecule has 0 aliphatic heterocycles. The van der Waals surface area contributed by atoms with Crippen LogP contribution >= 0.6 is 0 Å². The van der Waals surface area contributed by atoms with Crippen molar-refractivity contribution in [3.05, 3.63) is 65.9 Å². The number of phenols is 1. The summed E-state index contributed by atoms with van der Waals surface area (Å²) in [5.41, 5.74) is 8.33. The molecule has 72 heavy (non-hydrogen) atoms. The molecule has 1 heterocycles. The van der Waals surface area contributed by atoms with Gasteiger partial charge in [0.25, 0.3) is 0 Å². The zero-order valence-corrected chi connectivity index (χ0v) is 40.6. The van der Waals surface area contributed by atoms with Gasteiger partial charge in [-0.25, -0.2) is 4.79 Å². The second-order valence-electron chi connectivity index (χ2n) is 17.7. The molecule has 15 N–H and O–H groups in total. The number of hydrogen-bond donors (Lipinski definition) is 14. The molecule has 9 atom stereocenters. The maximum Gasteiger partial charge on any atom is 0.326 e. The van der Waals surface area contributed by atoms with Crippen molar-refractivity contribution in [3.8, 4) is 5.75 Å². The number of carbonyl (C=O) groups excluding carboxylic acids is 8. The molecule has 3 rings (SSSR count). The summed E-state index contributed by atoms with van der Waals surface area (Å²) >= 11 is 0. The van der Waals surface area contributed by atoms with Gasteiger partial charge in [0.1, 0.15) is 54.1 Å². The zero-order valence-electron chi connectivity index (χ0n) is 40.6. The first-order valence-electron chi connectivity index (χ1n) is 22.9. The number of nitrogens with one attached hydrogen (secondary N) is 9. The highest BCUT2D eigenvalue weighted by Crippen LogP contribution is 2.20. The molecule has 0 bridgehead atoms. The van der Waals surface area contributed by atoms with Crippen molar-refractivity contribution < 1.29 is 73.2 Å². The van der Waals surface area contributed by atoms with Crippen LogP contribution in [-0.2, 0) is 65.6 Å². The molecule has 0 saturated carbocycles. The van der Waals surface area contributed by atoms with E-state index in [0.717, 1.165) is 10.9 Å². The number of aliphatic carboxylic acids is 3. The van der Waals surface area contributed by atoms with Crippen molar-refractivity contribution in [1.82, 2.24) is 47.5 Å². The number of aromatic amines is 1. The van der Waals surface area contributed by atoms with Gasteiger partial charge in [0.05, 0.1) is 12.5 Å². The average molecular weight is 1010 g/mol. The second kappa shape index (κ2) is 27.3. The number of amides is 8. The van der Waals surface area contributed by atoms with Gasteiger partial charge in [0, 0.05) is 29.9 Å². The standard InChI is InChI=1S/C47H64N10O15/c1-22(2)17-34(46(70)54-33(15-16-37(59)60)44(68)52-24(4)40(64)50-23(3)39(63)51-25(5)42(66)57-36(47(71)72)20-38(61)62)55-41(65)26(6)53-45(69)35(19-28-21-49-32-10-8-7-9-30(28)32)56-43(67)31(48)18-27-11-13-29(58)14-12-27/h7-14,21-26,31,33-36,49,58H,15-20,48H2,1-6H3,(H,50,64)(H,51,63)(H,52,68)(H,53,69)(H,54,70)(H,55,65)(H,56,67)(H,57,66)(H,59,60)(H,61,62)(H,71,72)/t23-,24-,25-,26-,31-,33-,34-,35-,36-/m0/s1. The van der Waals surface area contributed by atoms with Crippen molar-refractivity contribution in [2.45, 2.75) is 134 Å². The molecule has 0 fully saturated rings. The highest BCUT2D eigenvalue weighted by atomic mass is 16.4. The number of carboxylic acids is 3. The molecule has 3 aromatic rings. The summed E-state index contributed by atoms with van der Waals surface area (Å²) in [6.07, 6.45) is -0.277. The third-order valence-corrected chi connectivity index (χ3v) is 11.1. The van der Waals surface area contributed by atoms with Crippen LogP contribution in [0.4, 0.5) is 0 Å². The van der Waals surface area contributed by atoms with Crippen LogP contribution in [0.5, 0.6) is 5.75 Å². The Balaban J connectivity index is 1.69. The number of fused-ring (bicyclic) bond motifs is 1. The van der Waals surface area contributed by atoms with Gasteiger partial charge in [0.2, 0.25) is 47.3 Å². The van der Waals surface area contributed by atoms with Crippen LogP contribution in [0, 0.1) is 5.92 Å². The van der Waals surface area contributed by atoms with E-state index in [1.54, 1.807) is 38.2 Å². The summed E-state index contributed by atoms with van der Waals surface area (Å²) in [4.78, 5) is 144. The van der Waals surface area contributed by atoms with Crippen LogP contribution < -0.4 is 48.3 Å². The number of rotatable bonds is 28. The first kappa shape index (κ1) is 58.2. The summed E-state index contributed by atoms with van der Waals surface area (Å²) in [7, 11) is 0. The summed E-state index contributed by atoms with van der Waals surface area (Å²) in [6, 6.07) is 0.876. The fourth-order valence-corrected chi connectivity index (χ4v) is 7.03. The van der Waals surface area contributed by atoms with Gasteiger partial charge in [0.15, 0.2) is 0 Å². The van der Waals surface area contributed by atoms with Gasteiger partial charge in [-0.15, -0.1) is 0 Å². The van der Waals surface area contributed by atoms with Crippen LogP contribution in [0.3, 0.4) is 0 Å². The third-order valence-electron chi connectivity index (χ3n) is 11.1. The molecule has 0 aliphatic carbocycles. The van der Waals surface area contributed by atoms with Gasteiger partial charge < -0.3 is 73.7 Å². The van der Waals surface area contributed by atoms with E-state index in [0.29, 0.717) is 11.1 Å². The van der Waals surface area contributed by atoms with Crippen LogP contribution in [-0.4, -0.2) is 145 Å². The Morgan fingerprint density at radius 1 is 0.528 bits per heavy atom. The number of phenolic OH excluding ortho intramolecular Hbond substituents is 1. The van der Waals surface area contributed by atoms with Crippen molar-refractivity contribution in [3.63, 3.8) is 0 Å². The Kier molecular flexibility index (Phi) is 22.1. The number of hydrogen-bond acceptors (Lipinski definition) is 13. The molecule has 0 aliphatic rings. The third kappa shape index (κ3) is 18.7. The van der Waals surface area contributed by atoms with Crippen molar-refractivity contribution in [1.29, 1.82) is 0 Å². The molecule has 0 radical (unpaired) electrons. The van der Waals surface area contributed by atoms with Gasteiger partial charge in [-0.3, -0.25) is 47.9 Å². The molecule has 8 amide bonds. The Bertz CT molecular complexity index is 2460. The van der Waals surface area contributed by atoms with Crippen LogP contribution in [0.1, 0.15) is 78.4 Å².